The molecule has 0 bridgehead atoms. The predicted octanol–water partition coefficient (Wildman–Crippen LogP) is 2.46. The van der Waals surface area contributed by atoms with Crippen molar-refractivity contribution < 1.29 is 9.72 Å². The molecular weight excluding hydrogens is 294 g/mol. The number of likely N-dealkylation sites (tertiary alicyclic amines) is 1. The van der Waals surface area contributed by atoms with Gasteiger partial charge in [0.15, 0.2) is 0 Å². The standard InChI is InChI=1S/C14H18ClN3O3/c1-2-17-7-5-10(6-8-17)16-14(19)12-9-11(18(20)21)3-4-13(12)15/h3-4,9-10H,2,5-8H2,1H3,(H,16,19). The van der Waals surface area contributed by atoms with Crippen LogP contribution in [0.15, 0.2) is 18.2 Å². The molecule has 0 aromatic heterocycles. The van der Waals surface area contributed by atoms with Gasteiger partial charge in [0.25, 0.3) is 11.6 Å². The summed E-state index contributed by atoms with van der Waals surface area (Å²) in [5.41, 5.74) is 0.0224. The Hall–Kier alpha value is -1.66. The number of nitro benzene ring substituents is 1. The largest absolute Gasteiger partial charge is 0.349 e. The molecule has 0 radical (unpaired) electrons. The van der Waals surface area contributed by atoms with E-state index in [0.29, 0.717) is 0 Å². The molecule has 1 aliphatic heterocycles. The van der Waals surface area contributed by atoms with Crippen LogP contribution in [0.3, 0.4) is 0 Å². The first-order valence-corrected chi connectivity index (χ1v) is 7.36. The molecule has 21 heavy (non-hydrogen) atoms. The Labute approximate surface area is 128 Å². The van der Waals surface area contributed by atoms with Crippen molar-refractivity contribution in [1.29, 1.82) is 0 Å². The van der Waals surface area contributed by atoms with E-state index in [9.17, 15) is 14.9 Å². The van der Waals surface area contributed by atoms with Crippen molar-refractivity contribution in [3.8, 4) is 0 Å². The summed E-state index contributed by atoms with van der Waals surface area (Å²) in [4.78, 5) is 24.8. The third-order valence-corrected chi connectivity index (χ3v) is 4.10. The van der Waals surface area contributed by atoms with Gasteiger partial charge in [-0.2, -0.15) is 0 Å². The third kappa shape index (κ3) is 3.92. The van der Waals surface area contributed by atoms with E-state index in [0.717, 1.165) is 32.5 Å². The zero-order valence-electron chi connectivity index (χ0n) is 11.8. The number of amides is 1. The molecule has 7 heteroatoms. The Balaban J connectivity index is 2.03. The highest BCUT2D eigenvalue weighted by atomic mass is 35.5. The van der Waals surface area contributed by atoms with Gasteiger partial charge in [-0.1, -0.05) is 18.5 Å². The number of carbonyl (C=O) groups excluding carboxylic acids is 1. The fourth-order valence-corrected chi connectivity index (χ4v) is 2.66. The fraction of sp³-hybridized carbons (Fsp3) is 0.500. The molecule has 1 amide bonds. The normalized spacial score (nSPS) is 16.7. The number of piperidine rings is 1. The van der Waals surface area contributed by atoms with Gasteiger partial charge < -0.3 is 10.2 Å². The minimum atomic E-state index is -0.535. The predicted molar refractivity (Wildman–Crippen MR) is 80.7 cm³/mol. The van der Waals surface area contributed by atoms with Gasteiger partial charge in [-0.25, -0.2) is 0 Å². The fourth-order valence-electron chi connectivity index (χ4n) is 2.46. The van der Waals surface area contributed by atoms with Gasteiger partial charge in [-0.3, -0.25) is 14.9 Å². The van der Waals surface area contributed by atoms with E-state index in [1.807, 2.05) is 0 Å². The van der Waals surface area contributed by atoms with E-state index < -0.39 is 4.92 Å². The summed E-state index contributed by atoms with van der Waals surface area (Å²) < 4.78 is 0. The van der Waals surface area contributed by atoms with Crippen LogP contribution in [0.4, 0.5) is 5.69 Å². The second kappa shape index (κ2) is 6.87. The van der Waals surface area contributed by atoms with E-state index in [-0.39, 0.29) is 28.2 Å². The van der Waals surface area contributed by atoms with Crippen molar-refractivity contribution >= 4 is 23.2 Å². The number of non-ortho nitro benzene ring substituents is 1. The van der Waals surface area contributed by atoms with Crippen LogP contribution in [0, 0.1) is 10.1 Å². The highest BCUT2D eigenvalue weighted by Gasteiger charge is 2.22. The van der Waals surface area contributed by atoms with Crippen LogP contribution in [0.2, 0.25) is 5.02 Å². The number of hydrogen-bond donors (Lipinski definition) is 1. The van der Waals surface area contributed by atoms with Gasteiger partial charge in [-0.05, 0) is 25.5 Å². The molecule has 1 fully saturated rings. The van der Waals surface area contributed by atoms with E-state index in [2.05, 4.69) is 17.1 Å². The lowest BCUT2D eigenvalue weighted by atomic mass is 10.0. The first-order valence-electron chi connectivity index (χ1n) is 6.98. The summed E-state index contributed by atoms with van der Waals surface area (Å²) >= 11 is 5.97. The van der Waals surface area contributed by atoms with Crippen molar-refractivity contribution in [2.45, 2.75) is 25.8 Å². The summed E-state index contributed by atoms with van der Waals surface area (Å²) in [6, 6.07) is 3.99. The Morgan fingerprint density at radius 2 is 2.14 bits per heavy atom. The van der Waals surface area contributed by atoms with Gasteiger partial charge in [0.05, 0.1) is 15.5 Å². The van der Waals surface area contributed by atoms with Crippen LogP contribution in [-0.2, 0) is 0 Å². The van der Waals surface area contributed by atoms with E-state index in [4.69, 9.17) is 11.6 Å². The van der Waals surface area contributed by atoms with Crippen molar-refractivity contribution in [2.75, 3.05) is 19.6 Å². The molecule has 0 unspecified atom stereocenters. The molecule has 6 nitrogen and oxygen atoms in total. The van der Waals surface area contributed by atoms with E-state index >= 15 is 0 Å². The molecule has 2 rings (SSSR count). The smallest absolute Gasteiger partial charge is 0.270 e. The minimum absolute atomic E-state index is 0.0932. The average Bonchev–Trinajstić information content (AvgIpc) is 2.48. The number of hydrogen-bond acceptors (Lipinski definition) is 4. The summed E-state index contributed by atoms with van der Waals surface area (Å²) in [5.74, 6) is -0.348. The lowest BCUT2D eigenvalue weighted by Crippen LogP contribution is -2.44. The Morgan fingerprint density at radius 3 is 2.71 bits per heavy atom. The van der Waals surface area contributed by atoms with E-state index in [1.54, 1.807) is 0 Å². The number of halogens is 1. The lowest BCUT2D eigenvalue weighted by molar-refractivity contribution is -0.384. The van der Waals surface area contributed by atoms with Crippen LogP contribution in [0.1, 0.15) is 30.1 Å². The minimum Gasteiger partial charge on any atom is -0.349 e. The van der Waals surface area contributed by atoms with Crippen LogP contribution < -0.4 is 5.32 Å². The molecule has 0 atom stereocenters. The molecule has 1 aromatic carbocycles. The maximum Gasteiger partial charge on any atom is 0.270 e. The van der Waals surface area contributed by atoms with E-state index in [1.165, 1.54) is 18.2 Å². The van der Waals surface area contributed by atoms with Crippen molar-refractivity contribution in [2.24, 2.45) is 0 Å². The number of benzene rings is 1. The molecule has 1 N–H and O–H groups in total. The third-order valence-electron chi connectivity index (χ3n) is 3.78. The van der Waals surface area contributed by atoms with Crippen LogP contribution in [0.5, 0.6) is 0 Å². The zero-order chi connectivity index (χ0) is 15.4. The van der Waals surface area contributed by atoms with Crippen molar-refractivity contribution in [3.63, 3.8) is 0 Å². The first-order chi connectivity index (χ1) is 10.0. The second-order valence-corrected chi connectivity index (χ2v) is 5.51. The SMILES string of the molecule is CCN1CCC(NC(=O)c2cc([N+](=O)[O-])ccc2Cl)CC1. The van der Waals surface area contributed by atoms with Crippen molar-refractivity contribution in [1.82, 2.24) is 10.2 Å². The number of rotatable bonds is 4. The zero-order valence-corrected chi connectivity index (χ0v) is 12.6. The summed E-state index contributed by atoms with van der Waals surface area (Å²) in [6.45, 7) is 5.02. The topological polar surface area (TPSA) is 75.5 Å². The second-order valence-electron chi connectivity index (χ2n) is 5.10. The highest BCUT2D eigenvalue weighted by molar-refractivity contribution is 6.33. The van der Waals surface area contributed by atoms with Crippen LogP contribution in [-0.4, -0.2) is 41.4 Å². The maximum absolute atomic E-state index is 12.2. The quantitative estimate of drug-likeness (QED) is 0.684. The molecule has 0 aliphatic carbocycles. The Bertz CT molecular complexity index is 542. The average molecular weight is 312 g/mol. The molecule has 1 saturated heterocycles. The molecule has 1 heterocycles. The molecule has 1 aromatic rings. The maximum atomic E-state index is 12.2. The Morgan fingerprint density at radius 1 is 1.48 bits per heavy atom. The Kier molecular flexibility index (Phi) is 5.14. The van der Waals surface area contributed by atoms with Crippen LogP contribution >= 0.6 is 11.6 Å². The molecule has 0 saturated carbocycles. The molecule has 114 valence electrons. The van der Waals surface area contributed by atoms with Gasteiger partial charge in [0.2, 0.25) is 0 Å². The molecule has 1 aliphatic rings. The van der Waals surface area contributed by atoms with Crippen molar-refractivity contribution in [3.05, 3.63) is 38.9 Å². The molecular formula is C14H18ClN3O3. The van der Waals surface area contributed by atoms with Crippen LogP contribution in [0.25, 0.3) is 0 Å². The summed E-state index contributed by atoms with van der Waals surface area (Å²) in [5, 5.41) is 13.9. The van der Waals surface area contributed by atoms with Gasteiger partial charge in [-0.15, -0.1) is 0 Å². The number of carbonyl (C=O) groups is 1. The number of nitro groups is 1. The van der Waals surface area contributed by atoms with Gasteiger partial charge in [0.1, 0.15) is 0 Å². The number of nitrogens with zero attached hydrogens (tertiary/aromatic N) is 2. The highest BCUT2D eigenvalue weighted by Crippen LogP contribution is 2.22. The number of nitrogens with one attached hydrogen (secondary N) is 1. The van der Waals surface area contributed by atoms with Gasteiger partial charge in [0, 0.05) is 31.3 Å². The summed E-state index contributed by atoms with van der Waals surface area (Å²) in [7, 11) is 0. The first kappa shape index (κ1) is 15.7. The van der Waals surface area contributed by atoms with Gasteiger partial charge >= 0.3 is 0 Å². The molecule has 0 spiro atoms. The lowest BCUT2D eigenvalue weighted by Gasteiger charge is -2.31. The summed E-state index contributed by atoms with van der Waals surface area (Å²) in [6.07, 6.45) is 1.76. The monoisotopic (exact) mass is 311 g/mol.